The summed E-state index contributed by atoms with van der Waals surface area (Å²) in [5.74, 6) is -4.35. The van der Waals surface area contributed by atoms with Crippen LogP contribution >= 0.6 is 0 Å². The summed E-state index contributed by atoms with van der Waals surface area (Å²) in [6, 6.07) is 19.9. The highest BCUT2D eigenvalue weighted by Gasteiger charge is 2.64. The fourth-order valence-corrected chi connectivity index (χ4v) is 7.46. The molecule has 2 aromatic rings. The fourth-order valence-electron chi connectivity index (χ4n) is 7.46. The van der Waals surface area contributed by atoms with E-state index < -0.39 is 84.6 Å². The lowest BCUT2D eigenvalue weighted by Gasteiger charge is -2.57. The predicted molar refractivity (Wildman–Crippen MR) is 179 cm³/mol. The minimum Gasteiger partial charge on any atom is -0.374 e. The smallest absolute Gasteiger partial charge is 0.220 e. The maximum Gasteiger partial charge on any atom is 0.220 e. The summed E-state index contributed by atoms with van der Waals surface area (Å²) < 4.78 is 83.0. The van der Waals surface area contributed by atoms with E-state index in [0.717, 1.165) is 11.1 Å². The van der Waals surface area contributed by atoms with Gasteiger partial charge in [0, 0.05) is 14.2 Å². The monoisotopic (exact) mass is 716 g/mol. The highest BCUT2D eigenvalue weighted by atomic mass is 16.9. The Kier molecular flexibility index (Phi) is 10.7. The Bertz CT molecular complexity index is 1440. The van der Waals surface area contributed by atoms with E-state index in [0.29, 0.717) is 13.2 Å². The zero-order valence-electron chi connectivity index (χ0n) is 30.7. The lowest BCUT2D eigenvalue weighted by Crippen LogP contribution is -2.73. The molecule has 2 unspecified atom stereocenters. The minimum absolute atomic E-state index is 0.0588. The van der Waals surface area contributed by atoms with Gasteiger partial charge >= 0.3 is 0 Å². The second kappa shape index (κ2) is 14.6. The zero-order valence-corrected chi connectivity index (χ0v) is 30.7. The normalized spacial score (nSPS) is 41.1. The van der Waals surface area contributed by atoms with Crippen LogP contribution in [0.15, 0.2) is 60.7 Å². The van der Waals surface area contributed by atoms with E-state index in [9.17, 15) is 0 Å². The molecule has 5 heterocycles. The summed E-state index contributed by atoms with van der Waals surface area (Å²) in [6.07, 6.45) is -6.39. The number of benzene rings is 2. The largest absolute Gasteiger partial charge is 0.374 e. The van der Waals surface area contributed by atoms with Gasteiger partial charge in [-0.2, -0.15) is 0 Å². The Balaban J connectivity index is 1.15. The van der Waals surface area contributed by atoms with Crippen LogP contribution in [-0.2, 0) is 74.8 Å². The third-order valence-electron chi connectivity index (χ3n) is 10.3. The van der Waals surface area contributed by atoms with E-state index in [2.05, 4.69) is 0 Å². The van der Waals surface area contributed by atoms with E-state index in [1.165, 1.54) is 0 Å². The number of hydrogen-bond acceptors (Lipinski definition) is 13. The third kappa shape index (κ3) is 7.65. The van der Waals surface area contributed by atoms with E-state index in [1.807, 2.05) is 88.4 Å². The second-order valence-electron chi connectivity index (χ2n) is 14.8. The van der Waals surface area contributed by atoms with Gasteiger partial charge in [-0.25, -0.2) is 0 Å². The highest BCUT2D eigenvalue weighted by Crippen LogP contribution is 2.47. The molecular formula is C38H52O13. The van der Waals surface area contributed by atoms with Crippen LogP contribution in [0.2, 0.25) is 0 Å². The van der Waals surface area contributed by atoms with Crippen LogP contribution in [0.4, 0.5) is 0 Å². The van der Waals surface area contributed by atoms with Crippen molar-refractivity contribution in [2.75, 3.05) is 27.4 Å². The average molecular weight is 717 g/mol. The number of fused-ring (bicyclic) bond motifs is 4. The molecule has 13 nitrogen and oxygen atoms in total. The molecule has 51 heavy (non-hydrogen) atoms. The van der Waals surface area contributed by atoms with Gasteiger partial charge in [-0.15, -0.1) is 0 Å². The number of rotatable bonds is 12. The molecule has 5 aliphatic rings. The summed E-state index contributed by atoms with van der Waals surface area (Å²) in [5, 5.41) is 0. The fraction of sp³-hybridized carbons (Fsp3) is 0.684. The maximum absolute atomic E-state index is 6.80. The molecule has 12 atom stereocenters. The van der Waals surface area contributed by atoms with Crippen molar-refractivity contribution in [1.82, 2.24) is 0 Å². The topological polar surface area (TPSA) is 120 Å². The second-order valence-corrected chi connectivity index (χ2v) is 14.8. The first-order chi connectivity index (χ1) is 24.3. The molecule has 5 fully saturated rings. The van der Waals surface area contributed by atoms with Gasteiger partial charge in [0.25, 0.3) is 0 Å². The molecule has 282 valence electrons. The first-order valence-corrected chi connectivity index (χ1v) is 17.7. The van der Waals surface area contributed by atoms with Crippen LogP contribution in [0.25, 0.3) is 0 Å². The quantitative estimate of drug-likeness (QED) is 0.308. The number of methoxy groups -OCH3 is 2. The van der Waals surface area contributed by atoms with Crippen molar-refractivity contribution in [3.63, 3.8) is 0 Å². The van der Waals surface area contributed by atoms with Gasteiger partial charge in [0.15, 0.2) is 24.2 Å². The summed E-state index contributed by atoms with van der Waals surface area (Å²) in [6.45, 7) is 11.9. The molecule has 0 N–H and O–H groups in total. The van der Waals surface area contributed by atoms with Crippen molar-refractivity contribution in [2.45, 2.75) is 139 Å². The Morgan fingerprint density at radius 2 is 1.10 bits per heavy atom. The van der Waals surface area contributed by atoms with E-state index >= 15 is 0 Å². The predicted octanol–water partition coefficient (Wildman–Crippen LogP) is 4.44. The molecular weight excluding hydrogens is 664 g/mol. The summed E-state index contributed by atoms with van der Waals surface area (Å²) >= 11 is 0. The Hall–Kier alpha value is -2.08. The van der Waals surface area contributed by atoms with Crippen molar-refractivity contribution in [3.05, 3.63) is 71.8 Å². The lowest BCUT2D eigenvalue weighted by atomic mass is 9.94. The molecule has 7 rings (SSSR count). The first kappa shape index (κ1) is 37.2. The summed E-state index contributed by atoms with van der Waals surface area (Å²) in [7, 11) is 3.10. The van der Waals surface area contributed by atoms with Crippen LogP contribution in [0.5, 0.6) is 0 Å². The van der Waals surface area contributed by atoms with Gasteiger partial charge in [-0.1, -0.05) is 60.7 Å². The van der Waals surface area contributed by atoms with E-state index in [-0.39, 0.29) is 13.2 Å². The Morgan fingerprint density at radius 1 is 0.529 bits per heavy atom. The van der Waals surface area contributed by atoms with Crippen LogP contribution in [0.1, 0.15) is 52.7 Å². The van der Waals surface area contributed by atoms with Crippen LogP contribution in [0.3, 0.4) is 0 Å². The standard InChI is InChI=1S/C38H52O13/c1-35(2)46-28-26(45-34-32(30(28)47-35)48-36(3,4)51-34)22-43-33-31-29(49-37(5,39-7)38(6,40-8)50-31)27(42-20-24-17-13-10-14-18-24)25(44-33)21-41-19-23-15-11-9-12-16-23/h9-18,25-34H,19-22H2,1-8H3/t25-,26-,27-,28+,29+,30+,31-,32-,33-,34-,37?,38?/m1/s1. The Labute approximate surface area is 299 Å². The number of hydrogen-bond donors (Lipinski definition) is 0. The van der Waals surface area contributed by atoms with E-state index in [1.54, 1.807) is 28.1 Å². The van der Waals surface area contributed by atoms with Gasteiger partial charge in [-0.3, -0.25) is 0 Å². The minimum atomic E-state index is -1.33. The molecule has 5 aliphatic heterocycles. The molecule has 0 bridgehead atoms. The molecule has 0 aromatic heterocycles. The molecule has 2 aromatic carbocycles. The average Bonchev–Trinajstić information content (AvgIpc) is 3.61. The first-order valence-electron chi connectivity index (χ1n) is 17.7. The zero-order chi connectivity index (χ0) is 36.0. The van der Waals surface area contributed by atoms with Gasteiger partial charge in [0.1, 0.15) is 48.8 Å². The van der Waals surface area contributed by atoms with Crippen molar-refractivity contribution < 1.29 is 61.6 Å². The van der Waals surface area contributed by atoms with Crippen molar-refractivity contribution in [3.8, 4) is 0 Å². The van der Waals surface area contributed by atoms with Crippen molar-refractivity contribution in [2.24, 2.45) is 0 Å². The van der Waals surface area contributed by atoms with E-state index in [4.69, 9.17) is 61.6 Å². The van der Waals surface area contributed by atoms with Crippen LogP contribution < -0.4 is 0 Å². The highest BCUT2D eigenvalue weighted by molar-refractivity contribution is 5.14. The van der Waals surface area contributed by atoms with Crippen LogP contribution in [0, 0.1) is 0 Å². The molecule has 0 aliphatic carbocycles. The molecule has 0 saturated carbocycles. The molecule has 0 spiro atoms. The van der Waals surface area contributed by atoms with Crippen LogP contribution in [-0.4, -0.2) is 112 Å². The number of ether oxygens (including phenoxy) is 13. The Morgan fingerprint density at radius 3 is 1.75 bits per heavy atom. The van der Waals surface area contributed by atoms with Gasteiger partial charge in [0.05, 0.1) is 26.4 Å². The van der Waals surface area contributed by atoms with Gasteiger partial charge in [0.2, 0.25) is 11.6 Å². The molecule has 5 saturated heterocycles. The lowest BCUT2D eigenvalue weighted by molar-refractivity contribution is -0.486. The maximum atomic E-state index is 6.80. The third-order valence-corrected chi connectivity index (χ3v) is 10.3. The summed E-state index contributed by atoms with van der Waals surface area (Å²) in [5.41, 5.74) is 2.03. The molecule has 13 heteroatoms. The van der Waals surface area contributed by atoms with Gasteiger partial charge < -0.3 is 61.6 Å². The van der Waals surface area contributed by atoms with Crippen molar-refractivity contribution >= 4 is 0 Å². The molecule has 0 amide bonds. The summed E-state index contributed by atoms with van der Waals surface area (Å²) in [4.78, 5) is 0. The SMILES string of the molecule is COC1(C)O[C@@H]2[C@@H](OC1(C)OC)[C@H](OC[C@H]1O[C@@H]3OC(C)(C)O[C@@H]3[C@H]3OC(C)(C)O[C@H]31)O[C@H](COCc1ccccc1)[C@H]2OCc1ccccc1. The van der Waals surface area contributed by atoms with Crippen molar-refractivity contribution in [1.29, 1.82) is 0 Å². The molecule has 0 radical (unpaired) electrons. The van der Waals surface area contributed by atoms with Gasteiger partial charge in [-0.05, 0) is 52.7 Å².